The lowest BCUT2D eigenvalue weighted by Gasteiger charge is -2.18. The van der Waals surface area contributed by atoms with Gasteiger partial charge in [0.1, 0.15) is 18.0 Å². The summed E-state index contributed by atoms with van der Waals surface area (Å²) >= 11 is 5.98. The summed E-state index contributed by atoms with van der Waals surface area (Å²) in [6.45, 7) is 4.56. The van der Waals surface area contributed by atoms with Crippen molar-refractivity contribution in [3.63, 3.8) is 0 Å². The van der Waals surface area contributed by atoms with Crippen molar-refractivity contribution in [3.8, 4) is 5.88 Å². The molecule has 2 aromatic rings. The molecule has 0 aliphatic rings. The minimum atomic E-state index is -3.99. The monoisotopic (exact) mass is 426 g/mol. The van der Waals surface area contributed by atoms with E-state index in [1.807, 2.05) is 7.05 Å². The van der Waals surface area contributed by atoms with Crippen molar-refractivity contribution in [2.75, 3.05) is 18.4 Å². The third-order valence-electron chi connectivity index (χ3n) is 3.80. The summed E-state index contributed by atoms with van der Waals surface area (Å²) in [5, 5.41) is 3.20. The first-order valence-corrected chi connectivity index (χ1v) is 10.5. The fourth-order valence-corrected chi connectivity index (χ4v) is 3.65. The lowest BCUT2D eigenvalue weighted by molar-refractivity contribution is 0.112. The zero-order chi connectivity index (χ0) is 20.7. The molecule has 2 rings (SSSR count). The summed E-state index contributed by atoms with van der Waals surface area (Å²) in [4.78, 5) is 18.7. The van der Waals surface area contributed by atoms with E-state index < -0.39 is 10.0 Å². The van der Waals surface area contributed by atoms with Gasteiger partial charge in [-0.25, -0.2) is 18.1 Å². The highest BCUT2D eigenvalue weighted by molar-refractivity contribution is 7.92. The maximum Gasteiger partial charge on any atom is 0.264 e. The van der Waals surface area contributed by atoms with Crippen LogP contribution in [0.25, 0.3) is 0 Å². The lowest BCUT2D eigenvalue weighted by atomic mass is 10.0. The van der Waals surface area contributed by atoms with Crippen LogP contribution in [-0.4, -0.2) is 44.4 Å². The maximum atomic E-state index is 12.5. The topological polar surface area (TPSA) is 110 Å². The predicted molar refractivity (Wildman–Crippen MR) is 107 cm³/mol. The predicted octanol–water partition coefficient (Wildman–Crippen LogP) is 2.76. The number of ether oxygens (including phenoxy) is 1. The molecule has 1 aromatic carbocycles. The van der Waals surface area contributed by atoms with E-state index in [1.165, 1.54) is 30.3 Å². The summed E-state index contributed by atoms with van der Waals surface area (Å²) in [5.74, 6) is 0.423. The molecule has 0 aliphatic heterocycles. The smallest absolute Gasteiger partial charge is 0.264 e. The first-order valence-electron chi connectivity index (χ1n) is 8.66. The number of nitrogens with one attached hydrogen (secondary N) is 2. The molecule has 1 heterocycles. The Morgan fingerprint density at radius 1 is 1.25 bits per heavy atom. The molecular formula is C18H23ClN4O4S. The molecule has 0 amide bonds. The molecule has 0 saturated heterocycles. The normalized spacial score (nSPS) is 12.6. The van der Waals surface area contributed by atoms with Crippen LogP contribution >= 0.6 is 11.6 Å². The summed E-state index contributed by atoms with van der Waals surface area (Å²) in [5.41, 5.74) is 0.238. The number of hydrogen-bond acceptors (Lipinski definition) is 7. The quantitative estimate of drug-likeness (QED) is 0.444. The number of halogens is 1. The second-order valence-electron chi connectivity index (χ2n) is 6.57. The molecule has 0 saturated carbocycles. The SMILES string of the molecule is CN[C@@H](COc1cc(Cl)nc(NS(=O)(=O)c2cccc(C=O)c2)n1)CC(C)C. The highest BCUT2D eigenvalue weighted by Crippen LogP contribution is 2.20. The van der Waals surface area contributed by atoms with Gasteiger partial charge in [0.05, 0.1) is 4.90 Å². The van der Waals surface area contributed by atoms with E-state index in [4.69, 9.17) is 16.3 Å². The Morgan fingerprint density at radius 3 is 2.64 bits per heavy atom. The highest BCUT2D eigenvalue weighted by Gasteiger charge is 2.18. The summed E-state index contributed by atoms with van der Waals surface area (Å²) in [7, 11) is -2.15. The molecule has 0 bridgehead atoms. The second-order valence-corrected chi connectivity index (χ2v) is 8.64. The molecular weight excluding hydrogens is 404 g/mol. The Morgan fingerprint density at radius 2 is 2.00 bits per heavy atom. The van der Waals surface area contributed by atoms with Gasteiger partial charge in [-0.15, -0.1) is 0 Å². The van der Waals surface area contributed by atoms with Crippen LogP contribution in [0.2, 0.25) is 5.15 Å². The second kappa shape index (κ2) is 9.81. The van der Waals surface area contributed by atoms with Crippen molar-refractivity contribution in [2.45, 2.75) is 31.2 Å². The molecule has 2 N–H and O–H groups in total. The molecule has 10 heteroatoms. The highest BCUT2D eigenvalue weighted by atomic mass is 35.5. The average molecular weight is 427 g/mol. The number of aldehydes is 1. The van der Waals surface area contributed by atoms with Crippen LogP contribution in [0.1, 0.15) is 30.6 Å². The van der Waals surface area contributed by atoms with Crippen LogP contribution in [-0.2, 0) is 10.0 Å². The fourth-order valence-electron chi connectivity index (χ4n) is 2.47. The van der Waals surface area contributed by atoms with Gasteiger partial charge in [-0.3, -0.25) is 4.79 Å². The van der Waals surface area contributed by atoms with E-state index >= 15 is 0 Å². The molecule has 1 aromatic heterocycles. The van der Waals surface area contributed by atoms with Crippen LogP contribution in [0.15, 0.2) is 35.2 Å². The molecule has 0 radical (unpaired) electrons. The average Bonchev–Trinajstić information content (AvgIpc) is 2.64. The van der Waals surface area contributed by atoms with E-state index in [0.29, 0.717) is 18.8 Å². The molecule has 0 fully saturated rings. The van der Waals surface area contributed by atoms with Crippen molar-refractivity contribution in [3.05, 3.63) is 41.0 Å². The van der Waals surface area contributed by atoms with Crippen molar-refractivity contribution < 1.29 is 17.9 Å². The number of sulfonamides is 1. The van der Waals surface area contributed by atoms with Gasteiger partial charge in [-0.05, 0) is 31.5 Å². The third-order valence-corrected chi connectivity index (χ3v) is 5.32. The van der Waals surface area contributed by atoms with Crippen molar-refractivity contribution in [1.82, 2.24) is 15.3 Å². The first kappa shape index (κ1) is 22.1. The van der Waals surface area contributed by atoms with E-state index in [2.05, 4.69) is 33.9 Å². The lowest BCUT2D eigenvalue weighted by Crippen LogP contribution is -2.33. The fraction of sp³-hybridized carbons (Fsp3) is 0.389. The number of carbonyl (C=O) groups excluding carboxylic acids is 1. The number of nitrogens with zero attached hydrogens (tertiary/aromatic N) is 2. The van der Waals surface area contributed by atoms with Gasteiger partial charge in [-0.1, -0.05) is 37.6 Å². The Labute approximate surface area is 169 Å². The van der Waals surface area contributed by atoms with Crippen LogP contribution in [0.3, 0.4) is 0 Å². The maximum absolute atomic E-state index is 12.5. The Balaban J connectivity index is 2.17. The van der Waals surface area contributed by atoms with Gasteiger partial charge in [0.2, 0.25) is 11.8 Å². The van der Waals surface area contributed by atoms with Crippen molar-refractivity contribution in [2.24, 2.45) is 5.92 Å². The van der Waals surface area contributed by atoms with Crippen LogP contribution < -0.4 is 14.8 Å². The van der Waals surface area contributed by atoms with Crippen LogP contribution in [0, 0.1) is 5.92 Å². The van der Waals surface area contributed by atoms with Gasteiger partial charge >= 0.3 is 0 Å². The summed E-state index contributed by atoms with van der Waals surface area (Å²) in [6, 6.07) is 7.11. The first-order chi connectivity index (χ1) is 13.2. The number of rotatable bonds is 10. The van der Waals surface area contributed by atoms with E-state index in [9.17, 15) is 13.2 Å². The van der Waals surface area contributed by atoms with Gasteiger partial charge in [-0.2, -0.15) is 4.98 Å². The van der Waals surface area contributed by atoms with Crippen LogP contribution in [0.5, 0.6) is 5.88 Å². The number of benzene rings is 1. The van der Waals surface area contributed by atoms with Gasteiger partial charge in [0.25, 0.3) is 10.0 Å². The number of carbonyl (C=O) groups is 1. The Hall–Kier alpha value is -2.23. The minimum absolute atomic E-state index is 0.0363. The summed E-state index contributed by atoms with van der Waals surface area (Å²) < 4.78 is 33.0. The van der Waals surface area contributed by atoms with Crippen LogP contribution in [0.4, 0.5) is 5.95 Å². The number of likely N-dealkylation sites (N-methyl/N-ethyl adjacent to an activating group) is 1. The number of anilines is 1. The Kier molecular flexibility index (Phi) is 7.73. The van der Waals surface area contributed by atoms with Gasteiger partial charge in [0, 0.05) is 17.7 Å². The molecule has 0 spiro atoms. The standard InChI is InChI=1S/C18H23ClN4O4S/c1-12(2)7-14(20-3)11-27-17-9-16(19)21-18(22-17)23-28(25,26)15-6-4-5-13(8-15)10-24/h4-6,8-10,12,14,20H,7,11H2,1-3H3,(H,21,22,23)/t14-/m1/s1. The number of hydrogen-bond donors (Lipinski definition) is 2. The molecule has 8 nitrogen and oxygen atoms in total. The summed E-state index contributed by atoms with van der Waals surface area (Å²) in [6.07, 6.45) is 1.47. The van der Waals surface area contributed by atoms with Crippen molar-refractivity contribution >= 4 is 33.9 Å². The third kappa shape index (κ3) is 6.43. The largest absolute Gasteiger partial charge is 0.476 e. The van der Waals surface area contributed by atoms with Gasteiger partial charge < -0.3 is 10.1 Å². The van der Waals surface area contributed by atoms with Gasteiger partial charge in [0.15, 0.2) is 0 Å². The molecule has 0 unspecified atom stereocenters. The van der Waals surface area contributed by atoms with E-state index in [1.54, 1.807) is 0 Å². The zero-order valence-electron chi connectivity index (χ0n) is 15.8. The molecule has 152 valence electrons. The number of aromatic nitrogens is 2. The van der Waals surface area contributed by atoms with Crippen molar-refractivity contribution in [1.29, 1.82) is 0 Å². The molecule has 0 aliphatic carbocycles. The zero-order valence-corrected chi connectivity index (χ0v) is 17.4. The minimum Gasteiger partial charge on any atom is -0.476 e. The van der Waals surface area contributed by atoms with E-state index in [0.717, 1.165) is 6.42 Å². The van der Waals surface area contributed by atoms with E-state index in [-0.39, 0.29) is 33.5 Å². The Bertz CT molecular complexity index is 922. The molecule has 28 heavy (non-hydrogen) atoms. The molecule has 1 atom stereocenters.